The topological polar surface area (TPSA) is 28.7 Å². The molecule has 0 saturated carbocycles. The summed E-state index contributed by atoms with van der Waals surface area (Å²) in [5.74, 6) is 0.347. The molecule has 0 aliphatic rings. The van der Waals surface area contributed by atoms with E-state index in [1.165, 1.54) is 23.7 Å². The van der Waals surface area contributed by atoms with Gasteiger partial charge in [0.25, 0.3) is 0 Å². The summed E-state index contributed by atoms with van der Waals surface area (Å²) >= 11 is 6.11. The Labute approximate surface area is 83.2 Å². The molecule has 1 aromatic carbocycles. The average Bonchev–Trinajstić information content (AvgIpc) is 2.52. The van der Waals surface area contributed by atoms with Crippen LogP contribution in [0.15, 0.2) is 24.3 Å². The van der Waals surface area contributed by atoms with E-state index >= 15 is 0 Å². The van der Waals surface area contributed by atoms with Gasteiger partial charge in [-0.25, -0.2) is 9.37 Å². The van der Waals surface area contributed by atoms with Gasteiger partial charge in [0, 0.05) is 5.56 Å². The molecule has 0 saturated heterocycles. The van der Waals surface area contributed by atoms with E-state index in [9.17, 15) is 4.39 Å². The molecule has 0 unspecified atom stereocenters. The van der Waals surface area contributed by atoms with Crippen molar-refractivity contribution in [3.63, 3.8) is 0 Å². The summed E-state index contributed by atoms with van der Waals surface area (Å²) in [7, 11) is 0. The summed E-state index contributed by atoms with van der Waals surface area (Å²) in [6.45, 7) is 0. The Morgan fingerprint density at radius 1 is 1.46 bits per heavy atom. The molecule has 0 spiro atoms. The van der Waals surface area contributed by atoms with Gasteiger partial charge in [0.2, 0.25) is 0 Å². The molecular weight excluding hydrogens is 207 g/mol. The molecule has 0 bridgehead atoms. The fourth-order valence-electron chi connectivity index (χ4n) is 0.988. The number of nitrogens with one attached hydrogen (secondary N) is 1. The first-order valence-electron chi connectivity index (χ1n) is 3.57. The van der Waals surface area contributed by atoms with Crippen LogP contribution in [0, 0.1) is 9.77 Å². The van der Waals surface area contributed by atoms with Gasteiger partial charge in [0.05, 0.1) is 0 Å². The molecule has 66 valence electrons. The van der Waals surface area contributed by atoms with Crippen LogP contribution in [0.25, 0.3) is 11.4 Å². The molecule has 1 heterocycles. The van der Waals surface area contributed by atoms with Crippen LogP contribution in [0.3, 0.4) is 0 Å². The number of rotatable bonds is 1. The van der Waals surface area contributed by atoms with Crippen LogP contribution >= 0.6 is 23.8 Å². The molecule has 0 amide bonds. The van der Waals surface area contributed by atoms with Crippen LogP contribution in [-0.4, -0.2) is 9.36 Å². The summed E-state index contributed by atoms with van der Waals surface area (Å²) in [6, 6.07) is 6.23. The number of halogens is 1. The van der Waals surface area contributed by atoms with Gasteiger partial charge in [-0.15, -0.1) is 0 Å². The second kappa shape index (κ2) is 3.35. The molecule has 13 heavy (non-hydrogen) atoms. The predicted molar refractivity (Wildman–Crippen MR) is 52.7 cm³/mol. The van der Waals surface area contributed by atoms with Gasteiger partial charge in [-0.05, 0) is 35.9 Å². The Morgan fingerprint density at radius 3 is 2.92 bits per heavy atom. The maximum atomic E-state index is 12.8. The molecule has 2 nitrogen and oxygen atoms in total. The lowest BCUT2D eigenvalue weighted by atomic mass is 10.2. The first-order chi connectivity index (χ1) is 6.25. The van der Waals surface area contributed by atoms with Crippen LogP contribution in [0.1, 0.15) is 0 Å². The van der Waals surface area contributed by atoms with Gasteiger partial charge in [0.1, 0.15) is 11.6 Å². The van der Waals surface area contributed by atoms with Crippen molar-refractivity contribution >= 4 is 23.8 Å². The predicted octanol–water partition coefficient (Wildman–Crippen LogP) is 3.01. The third-order valence-corrected chi connectivity index (χ3v) is 2.44. The van der Waals surface area contributed by atoms with Gasteiger partial charge in [-0.3, -0.25) is 4.37 Å². The highest BCUT2D eigenvalue weighted by Crippen LogP contribution is 2.16. The largest absolute Gasteiger partial charge is 0.293 e. The number of hydrogen-bond donors (Lipinski definition) is 1. The third kappa shape index (κ3) is 1.81. The minimum Gasteiger partial charge on any atom is -0.293 e. The van der Waals surface area contributed by atoms with Gasteiger partial charge in [-0.1, -0.05) is 12.1 Å². The molecular formula is C8H5FN2S2. The van der Waals surface area contributed by atoms with Crippen LogP contribution in [0.4, 0.5) is 4.39 Å². The zero-order chi connectivity index (χ0) is 9.26. The van der Waals surface area contributed by atoms with E-state index < -0.39 is 0 Å². The zero-order valence-corrected chi connectivity index (χ0v) is 8.08. The first-order valence-corrected chi connectivity index (χ1v) is 4.79. The van der Waals surface area contributed by atoms with Gasteiger partial charge in [0.15, 0.2) is 3.95 Å². The number of nitrogens with zero attached hydrogens (tertiary/aromatic N) is 1. The van der Waals surface area contributed by atoms with E-state index in [1.54, 1.807) is 12.1 Å². The quantitative estimate of drug-likeness (QED) is 0.736. The lowest BCUT2D eigenvalue weighted by molar-refractivity contribution is 0.628. The number of benzene rings is 1. The molecule has 0 radical (unpaired) electrons. The van der Waals surface area contributed by atoms with Crippen molar-refractivity contribution in [2.24, 2.45) is 0 Å². The Morgan fingerprint density at radius 2 is 2.31 bits per heavy atom. The highest BCUT2D eigenvalue weighted by Gasteiger charge is 2.01. The number of aromatic amines is 1. The van der Waals surface area contributed by atoms with Crippen molar-refractivity contribution in [2.45, 2.75) is 0 Å². The van der Waals surface area contributed by atoms with E-state index in [0.717, 1.165) is 0 Å². The van der Waals surface area contributed by atoms with Crippen LogP contribution < -0.4 is 0 Å². The second-order valence-electron chi connectivity index (χ2n) is 2.44. The Bertz CT molecular complexity index is 475. The molecule has 0 atom stereocenters. The van der Waals surface area contributed by atoms with Crippen molar-refractivity contribution < 1.29 is 4.39 Å². The maximum Gasteiger partial charge on any atom is 0.198 e. The van der Waals surface area contributed by atoms with Crippen molar-refractivity contribution in [3.8, 4) is 11.4 Å². The van der Waals surface area contributed by atoms with Gasteiger partial charge in [-0.2, -0.15) is 0 Å². The minimum absolute atomic E-state index is 0.273. The van der Waals surface area contributed by atoms with Crippen molar-refractivity contribution in [1.29, 1.82) is 0 Å². The summed E-state index contributed by atoms with van der Waals surface area (Å²) < 4.78 is 16.2. The molecule has 2 rings (SSSR count). The molecule has 5 heteroatoms. The van der Waals surface area contributed by atoms with Crippen molar-refractivity contribution in [2.75, 3.05) is 0 Å². The molecule has 1 aromatic heterocycles. The SMILES string of the molecule is Fc1cccc(-c2nc(=S)s[nH]2)c1. The van der Waals surface area contributed by atoms with Gasteiger partial charge >= 0.3 is 0 Å². The monoisotopic (exact) mass is 212 g/mol. The number of aromatic nitrogens is 2. The van der Waals surface area contributed by atoms with Crippen molar-refractivity contribution in [1.82, 2.24) is 9.36 Å². The van der Waals surface area contributed by atoms with E-state index in [-0.39, 0.29) is 5.82 Å². The lowest BCUT2D eigenvalue weighted by Gasteiger charge is -1.94. The van der Waals surface area contributed by atoms with E-state index in [0.29, 0.717) is 15.3 Å². The number of hydrogen-bond acceptors (Lipinski definition) is 3. The molecule has 0 fully saturated rings. The molecule has 2 aromatic rings. The summed E-state index contributed by atoms with van der Waals surface area (Å²) in [5.41, 5.74) is 0.715. The maximum absolute atomic E-state index is 12.8. The highest BCUT2D eigenvalue weighted by molar-refractivity contribution is 7.73. The normalized spacial score (nSPS) is 10.2. The van der Waals surface area contributed by atoms with Crippen LogP contribution in [0.2, 0.25) is 0 Å². The third-order valence-electron chi connectivity index (χ3n) is 1.54. The Hall–Kier alpha value is -1.07. The molecule has 0 aliphatic carbocycles. The Kier molecular flexibility index (Phi) is 2.20. The summed E-state index contributed by atoms with van der Waals surface area (Å²) in [6.07, 6.45) is 0. The highest BCUT2D eigenvalue weighted by atomic mass is 32.2. The molecule has 0 aliphatic heterocycles. The fraction of sp³-hybridized carbons (Fsp3) is 0. The number of H-pyrrole nitrogens is 1. The van der Waals surface area contributed by atoms with E-state index in [1.807, 2.05) is 0 Å². The average molecular weight is 212 g/mol. The van der Waals surface area contributed by atoms with E-state index in [4.69, 9.17) is 12.2 Å². The standard InChI is InChI=1S/C8H5FN2S2/c9-6-3-1-2-5(4-6)7-10-8(12)13-11-7/h1-4H,(H,10,11,12). The second-order valence-corrected chi connectivity index (χ2v) is 3.88. The lowest BCUT2D eigenvalue weighted by Crippen LogP contribution is -1.81. The molecule has 1 N–H and O–H groups in total. The van der Waals surface area contributed by atoms with Crippen LogP contribution in [-0.2, 0) is 0 Å². The van der Waals surface area contributed by atoms with E-state index in [2.05, 4.69) is 9.36 Å². The minimum atomic E-state index is -0.273. The Balaban J connectivity index is 2.52. The van der Waals surface area contributed by atoms with Crippen LogP contribution in [0.5, 0.6) is 0 Å². The smallest absolute Gasteiger partial charge is 0.198 e. The zero-order valence-electron chi connectivity index (χ0n) is 6.45. The summed E-state index contributed by atoms with van der Waals surface area (Å²) in [4.78, 5) is 4.03. The fourth-order valence-corrected chi connectivity index (χ4v) is 1.69. The van der Waals surface area contributed by atoms with Crippen molar-refractivity contribution in [3.05, 3.63) is 34.0 Å². The summed E-state index contributed by atoms with van der Waals surface area (Å²) in [5, 5.41) is 0. The first kappa shape index (κ1) is 8.52. The van der Waals surface area contributed by atoms with Gasteiger partial charge < -0.3 is 0 Å².